The van der Waals surface area contributed by atoms with Crippen LogP contribution in [0.4, 0.5) is 17.6 Å². The van der Waals surface area contributed by atoms with E-state index in [1.165, 1.54) is 12.2 Å². The Hall–Kier alpha value is -5.29. The summed E-state index contributed by atoms with van der Waals surface area (Å²) in [6.45, 7) is 1.12. The summed E-state index contributed by atoms with van der Waals surface area (Å²) >= 11 is 0. The fourth-order valence-corrected chi connectivity index (χ4v) is 5.25. The van der Waals surface area contributed by atoms with Crippen LogP contribution < -0.4 is 20.7 Å². The maximum atomic E-state index is 13.6. The maximum absolute atomic E-state index is 13.6. The molecule has 22 heteroatoms. The molecule has 0 radical (unpaired) electrons. The molecule has 0 aromatic heterocycles. The Bertz CT molecular complexity index is 1660. The average Bonchev–Trinajstić information content (AvgIpc) is 3.71. The number of ether oxygens (including phenoxy) is 5. The van der Waals surface area contributed by atoms with Gasteiger partial charge in [-0.15, -0.1) is 0 Å². The van der Waals surface area contributed by atoms with Crippen molar-refractivity contribution in [2.24, 2.45) is 0 Å². The molecule has 3 rings (SSSR count). The van der Waals surface area contributed by atoms with E-state index < -0.39 is 83.2 Å². The largest absolute Gasteiger partial charge is 0.420 e. The van der Waals surface area contributed by atoms with Crippen molar-refractivity contribution in [3.05, 3.63) is 53.6 Å². The minimum atomic E-state index is -1.83. The topological polar surface area (TPSA) is 228 Å². The first-order chi connectivity index (χ1) is 28.3. The highest BCUT2D eigenvalue weighted by Crippen LogP contribution is 2.26. The van der Waals surface area contributed by atoms with Gasteiger partial charge in [-0.2, -0.15) is 8.78 Å². The van der Waals surface area contributed by atoms with Crippen molar-refractivity contribution in [1.82, 2.24) is 25.8 Å². The molecular formula is C37H47F4N5O13. The standard InChI is InChI=1S/C37H47F4N5O13/c38-24-23-25(39)35(41)36(34(24)40)59-33(53)10-15-55-17-19-57-21-22-58-20-18-56-16-12-43-37(54)26(44-28(48)9-14-46-31(51)6-7-32(46)52)3-1-2-11-42-27(47)8-13-45-29(49)4-5-30(45)50/h4-7,23,26,31,51H,1-3,8-22H2,(H,42,47)(H,43,54)(H,44,48)/t26-,31?/m0/s1. The van der Waals surface area contributed by atoms with Crippen molar-refractivity contribution < 1.29 is 79.9 Å². The molecule has 0 fully saturated rings. The van der Waals surface area contributed by atoms with Gasteiger partial charge < -0.3 is 49.6 Å². The Kier molecular flexibility index (Phi) is 21.1. The molecule has 18 nitrogen and oxygen atoms in total. The average molecular weight is 846 g/mol. The minimum Gasteiger partial charge on any atom is -0.420 e. The van der Waals surface area contributed by atoms with Crippen LogP contribution in [0.15, 0.2) is 30.4 Å². The number of hydrogen-bond acceptors (Lipinski definition) is 13. The zero-order valence-electron chi connectivity index (χ0n) is 32.0. The molecule has 2 aliphatic heterocycles. The Morgan fingerprint density at radius 3 is 1.85 bits per heavy atom. The molecule has 0 spiro atoms. The lowest BCUT2D eigenvalue weighted by Gasteiger charge is -2.22. The second-order valence-electron chi connectivity index (χ2n) is 12.7. The number of carbonyl (C=O) groups excluding carboxylic acids is 7. The number of hydrogen-bond donors (Lipinski definition) is 4. The van der Waals surface area contributed by atoms with Crippen LogP contribution in [0, 0.1) is 23.3 Å². The Morgan fingerprint density at radius 2 is 1.25 bits per heavy atom. The molecular weight excluding hydrogens is 798 g/mol. The summed E-state index contributed by atoms with van der Waals surface area (Å²) in [4.78, 5) is 86.7. The highest BCUT2D eigenvalue weighted by atomic mass is 19.2. The highest BCUT2D eigenvalue weighted by molar-refractivity contribution is 6.13. The van der Waals surface area contributed by atoms with Crippen molar-refractivity contribution in [3.63, 3.8) is 0 Å². The fraction of sp³-hybridized carbons (Fsp3) is 0.541. The van der Waals surface area contributed by atoms with Crippen molar-refractivity contribution in [1.29, 1.82) is 0 Å². The van der Waals surface area contributed by atoms with Gasteiger partial charge in [-0.3, -0.25) is 38.5 Å². The van der Waals surface area contributed by atoms with Gasteiger partial charge in [0.25, 0.3) is 11.8 Å². The third-order valence-corrected chi connectivity index (χ3v) is 8.35. The zero-order valence-corrected chi connectivity index (χ0v) is 32.0. The van der Waals surface area contributed by atoms with E-state index in [-0.39, 0.29) is 110 Å². The summed E-state index contributed by atoms with van der Waals surface area (Å²) in [5, 5.41) is 17.9. The maximum Gasteiger partial charge on any atom is 0.313 e. The van der Waals surface area contributed by atoms with E-state index in [9.17, 15) is 56.2 Å². The SMILES string of the molecule is O=C(CCN1C(=O)C=CC1=O)NCCCC[C@H](NC(=O)CCN1C(=O)C=CC1O)C(=O)NCCOCCOCCOCCOCCC(=O)Oc1c(F)c(F)cc(F)c1F. The first-order valence-electron chi connectivity index (χ1n) is 18.7. The summed E-state index contributed by atoms with van der Waals surface area (Å²) in [7, 11) is 0. The second kappa shape index (κ2) is 25.9. The lowest BCUT2D eigenvalue weighted by molar-refractivity contribution is -0.138. The molecule has 0 saturated heterocycles. The van der Waals surface area contributed by atoms with Crippen molar-refractivity contribution >= 4 is 41.4 Å². The molecule has 59 heavy (non-hydrogen) atoms. The summed E-state index contributed by atoms with van der Waals surface area (Å²) in [5.74, 6) is -12.5. The number of imide groups is 1. The van der Waals surface area contributed by atoms with Gasteiger partial charge in [0.15, 0.2) is 11.6 Å². The molecule has 2 aliphatic rings. The number of halogens is 4. The highest BCUT2D eigenvalue weighted by Gasteiger charge is 2.27. The first kappa shape index (κ1) is 48.1. The van der Waals surface area contributed by atoms with Crippen LogP contribution >= 0.6 is 0 Å². The molecule has 2 heterocycles. The normalized spacial score (nSPS) is 15.3. The predicted molar refractivity (Wildman–Crippen MR) is 194 cm³/mol. The van der Waals surface area contributed by atoms with E-state index in [1.54, 1.807) is 0 Å². The smallest absolute Gasteiger partial charge is 0.313 e. The van der Waals surface area contributed by atoms with Crippen LogP contribution in [-0.4, -0.2) is 148 Å². The van der Waals surface area contributed by atoms with Crippen LogP contribution in [0.2, 0.25) is 0 Å². The van der Waals surface area contributed by atoms with Crippen molar-refractivity contribution in [2.45, 2.75) is 50.8 Å². The Morgan fingerprint density at radius 1 is 0.678 bits per heavy atom. The third-order valence-electron chi connectivity index (χ3n) is 8.35. The number of rotatable bonds is 29. The van der Waals surface area contributed by atoms with Gasteiger partial charge in [-0.1, -0.05) is 0 Å². The molecule has 1 aromatic carbocycles. The number of aliphatic hydroxyl groups is 1. The number of nitrogens with zero attached hydrogens (tertiary/aromatic N) is 2. The number of unbranched alkanes of at least 4 members (excludes halogenated alkanes) is 1. The van der Waals surface area contributed by atoms with Gasteiger partial charge in [0.1, 0.15) is 12.3 Å². The van der Waals surface area contributed by atoms with Crippen LogP contribution in [0.1, 0.15) is 38.5 Å². The molecule has 2 atom stereocenters. The van der Waals surface area contributed by atoms with E-state index in [1.807, 2.05) is 0 Å². The molecule has 6 amide bonds. The van der Waals surface area contributed by atoms with Gasteiger partial charge in [0.2, 0.25) is 41.0 Å². The summed E-state index contributed by atoms with van der Waals surface area (Å²) in [6.07, 6.45) is 4.02. The van der Waals surface area contributed by atoms with Crippen LogP contribution in [0.3, 0.4) is 0 Å². The monoisotopic (exact) mass is 845 g/mol. The lowest BCUT2D eigenvalue weighted by atomic mass is 10.1. The molecule has 4 N–H and O–H groups in total. The molecule has 1 unspecified atom stereocenters. The van der Waals surface area contributed by atoms with Crippen LogP contribution in [0.25, 0.3) is 0 Å². The summed E-state index contributed by atoms with van der Waals surface area (Å²) in [5.41, 5.74) is 0. The van der Waals surface area contributed by atoms with Gasteiger partial charge in [0.05, 0.1) is 59.3 Å². The summed E-state index contributed by atoms with van der Waals surface area (Å²) in [6, 6.07) is -0.957. The van der Waals surface area contributed by atoms with E-state index in [0.29, 0.717) is 12.8 Å². The van der Waals surface area contributed by atoms with Crippen molar-refractivity contribution in [2.75, 3.05) is 79.0 Å². The number of amides is 6. The number of carbonyl (C=O) groups is 7. The summed E-state index contributed by atoms with van der Waals surface area (Å²) < 4.78 is 79.3. The number of nitrogens with one attached hydrogen (secondary N) is 3. The predicted octanol–water partition coefficient (Wildman–Crippen LogP) is -0.0856. The van der Waals surface area contributed by atoms with Crippen LogP contribution in [-0.2, 0) is 52.5 Å². The van der Waals surface area contributed by atoms with E-state index in [4.69, 9.17) is 18.9 Å². The van der Waals surface area contributed by atoms with Gasteiger partial charge >= 0.3 is 5.97 Å². The second-order valence-corrected chi connectivity index (χ2v) is 12.7. The molecule has 0 bridgehead atoms. The van der Waals surface area contributed by atoms with E-state index >= 15 is 0 Å². The molecule has 0 aliphatic carbocycles. The Labute approximate surface area is 336 Å². The van der Waals surface area contributed by atoms with E-state index in [0.717, 1.165) is 22.0 Å². The molecule has 1 aromatic rings. The fourth-order valence-electron chi connectivity index (χ4n) is 5.25. The molecule has 0 saturated carbocycles. The lowest BCUT2D eigenvalue weighted by Crippen LogP contribution is -2.48. The first-order valence-corrected chi connectivity index (χ1v) is 18.7. The number of benzene rings is 1. The quantitative estimate of drug-likeness (QED) is 0.0207. The van der Waals surface area contributed by atoms with Crippen LogP contribution in [0.5, 0.6) is 5.75 Å². The van der Waals surface area contributed by atoms with Gasteiger partial charge in [0, 0.05) is 63.3 Å². The van der Waals surface area contributed by atoms with Gasteiger partial charge in [-0.05, 0) is 25.3 Å². The van der Waals surface area contributed by atoms with Crippen molar-refractivity contribution in [3.8, 4) is 5.75 Å². The Balaban J connectivity index is 1.23. The van der Waals surface area contributed by atoms with E-state index in [2.05, 4.69) is 20.7 Å². The van der Waals surface area contributed by atoms with Gasteiger partial charge in [-0.25, -0.2) is 8.78 Å². The number of aliphatic hydroxyl groups excluding tert-OH is 1. The third kappa shape index (κ3) is 17.2. The molecule has 326 valence electrons. The zero-order chi connectivity index (χ0) is 43.2. The minimum absolute atomic E-state index is 0.00921. The number of esters is 1.